The number of anilines is 1. The Morgan fingerprint density at radius 1 is 1.14 bits per heavy atom. The zero-order valence-corrected chi connectivity index (χ0v) is 14.2. The van der Waals surface area contributed by atoms with Gasteiger partial charge in [-0.3, -0.25) is 4.90 Å². The molecule has 0 radical (unpaired) electrons. The molecular formula is C16H26N4OS. The van der Waals surface area contributed by atoms with Gasteiger partial charge in [0.2, 0.25) is 0 Å². The van der Waals surface area contributed by atoms with Crippen molar-refractivity contribution in [3.05, 3.63) is 12.1 Å². The van der Waals surface area contributed by atoms with Crippen molar-refractivity contribution in [1.82, 2.24) is 15.1 Å². The van der Waals surface area contributed by atoms with Crippen LogP contribution < -0.4 is 4.90 Å². The van der Waals surface area contributed by atoms with Crippen molar-refractivity contribution in [1.29, 1.82) is 0 Å². The zero-order chi connectivity index (χ0) is 15.2. The van der Waals surface area contributed by atoms with Gasteiger partial charge in [-0.2, -0.15) is 0 Å². The van der Waals surface area contributed by atoms with Crippen LogP contribution in [0.4, 0.5) is 5.82 Å². The Bertz CT molecular complexity index is 442. The minimum Gasteiger partial charge on any atom is -0.379 e. The van der Waals surface area contributed by atoms with Gasteiger partial charge in [0.1, 0.15) is 5.03 Å². The van der Waals surface area contributed by atoms with Crippen LogP contribution in [0.5, 0.6) is 0 Å². The van der Waals surface area contributed by atoms with E-state index in [1.165, 1.54) is 25.8 Å². The standard InChI is InChI=1S/C16H26N4OS/c1-22-16-3-2-15(17-18-16)20-8-5-14(6-9-20)4-7-19-10-12-21-13-11-19/h2-3,14H,4-13H2,1H3. The first-order valence-corrected chi connectivity index (χ1v) is 9.50. The van der Waals surface area contributed by atoms with Crippen LogP contribution in [-0.2, 0) is 4.74 Å². The SMILES string of the molecule is CSc1ccc(N2CCC(CCN3CCOCC3)CC2)nn1. The highest BCUT2D eigenvalue weighted by Crippen LogP contribution is 2.24. The number of nitrogens with zero attached hydrogens (tertiary/aromatic N) is 4. The van der Waals surface area contributed by atoms with Gasteiger partial charge in [0.05, 0.1) is 13.2 Å². The summed E-state index contributed by atoms with van der Waals surface area (Å²) in [6.45, 7) is 7.48. The van der Waals surface area contributed by atoms with E-state index in [1.54, 1.807) is 11.8 Å². The molecule has 2 aliphatic rings. The Balaban J connectivity index is 1.41. The van der Waals surface area contributed by atoms with Crippen molar-refractivity contribution in [2.75, 3.05) is 57.1 Å². The van der Waals surface area contributed by atoms with Crippen LogP contribution in [0.2, 0.25) is 0 Å². The molecule has 22 heavy (non-hydrogen) atoms. The number of hydrogen-bond acceptors (Lipinski definition) is 6. The van der Waals surface area contributed by atoms with Gasteiger partial charge in [-0.15, -0.1) is 22.0 Å². The van der Waals surface area contributed by atoms with Crippen LogP contribution >= 0.6 is 11.8 Å². The molecule has 2 saturated heterocycles. The van der Waals surface area contributed by atoms with Crippen LogP contribution in [0, 0.1) is 5.92 Å². The van der Waals surface area contributed by atoms with Crippen molar-refractivity contribution < 1.29 is 4.74 Å². The average Bonchev–Trinajstić information content (AvgIpc) is 2.61. The lowest BCUT2D eigenvalue weighted by Crippen LogP contribution is -2.39. The van der Waals surface area contributed by atoms with Crippen LogP contribution in [0.1, 0.15) is 19.3 Å². The van der Waals surface area contributed by atoms with Crippen molar-refractivity contribution in [2.24, 2.45) is 5.92 Å². The van der Waals surface area contributed by atoms with E-state index in [2.05, 4.69) is 32.1 Å². The molecule has 0 unspecified atom stereocenters. The van der Waals surface area contributed by atoms with Gasteiger partial charge in [-0.1, -0.05) is 0 Å². The fourth-order valence-electron chi connectivity index (χ4n) is 3.23. The van der Waals surface area contributed by atoms with Crippen LogP contribution in [0.15, 0.2) is 17.2 Å². The molecule has 0 bridgehead atoms. The largest absolute Gasteiger partial charge is 0.379 e. The third-order valence-corrected chi connectivity index (χ3v) is 5.37. The molecule has 3 heterocycles. The normalized spacial score (nSPS) is 21.2. The minimum absolute atomic E-state index is 0.859. The first-order valence-electron chi connectivity index (χ1n) is 8.28. The number of piperidine rings is 1. The summed E-state index contributed by atoms with van der Waals surface area (Å²) >= 11 is 1.64. The topological polar surface area (TPSA) is 41.5 Å². The van der Waals surface area contributed by atoms with Gasteiger partial charge in [-0.05, 0) is 50.1 Å². The van der Waals surface area contributed by atoms with Crippen molar-refractivity contribution >= 4 is 17.6 Å². The smallest absolute Gasteiger partial charge is 0.151 e. The molecule has 5 nitrogen and oxygen atoms in total. The predicted molar refractivity (Wildman–Crippen MR) is 90.6 cm³/mol. The molecule has 0 saturated carbocycles. The maximum absolute atomic E-state index is 5.41. The average molecular weight is 322 g/mol. The second-order valence-electron chi connectivity index (χ2n) is 6.11. The molecule has 0 atom stereocenters. The van der Waals surface area contributed by atoms with Gasteiger partial charge in [0, 0.05) is 26.2 Å². The Hall–Kier alpha value is -0.850. The number of thioether (sulfide) groups is 1. The molecule has 2 aliphatic heterocycles. The molecule has 1 aromatic heterocycles. The van der Waals surface area contributed by atoms with E-state index in [0.29, 0.717) is 0 Å². The highest BCUT2D eigenvalue weighted by Gasteiger charge is 2.21. The van der Waals surface area contributed by atoms with E-state index >= 15 is 0 Å². The Kier molecular flexibility index (Phi) is 5.92. The highest BCUT2D eigenvalue weighted by molar-refractivity contribution is 7.98. The molecule has 0 N–H and O–H groups in total. The van der Waals surface area contributed by atoms with E-state index in [1.807, 2.05) is 6.26 Å². The number of morpholine rings is 1. The van der Waals surface area contributed by atoms with Crippen LogP contribution in [-0.4, -0.2) is 67.3 Å². The van der Waals surface area contributed by atoms with Crippen molar-refractivity contribution in [3.63, 3.8) is 0 Å². The summed E-state index contributed by atoms with van der Waals surface area (Å²) in [5, 5.41) is 9.58. The third kappa shape index (κ3) is 4.33. The van der Waals surface area contributed by atoms with Gasteiger partial charge in [-0.25, -0.2) is 0 Å². The summed E-state index contributed by atoms with van der Waals surface area (Å²) in [4.78, 5) is 4.92. The monoisotopic (exact) mass is 322 g/mol. The number of ether oxygens (including phenoxy) is 1. The van der Waals surface area contributed by atoms with Gasteiger partial charge >= 0.3 is 0 Å². The molecule has 0 amide bonds. The lowest BCUT2D eigenvalue weighted by atomic mass is 9.93. The first kappa shape index (κ1) is 16.0. The van der Waals surface area contributed by atoms with E-state index in [-0.39, 0.29) is 0 Å². The maximum Gasteiger partial charge on any atom is 0.151 e. The highest BCUT2D eigenvalue weighted by atomic mass is 32.2. The summed E-state index contributed by atoms with van der Waals surface area (Å²) in [5.74, 6) is 1.89. The Morgan fingerprint density at radius 2 is 1.91 bits per heavy atom. The molecule has 0 aromatic carbocycles. The third-order valence-electron chi connectivity index (χ3n) is 4.73. The fraction of sp³-hybridized carbons (Fsp3) is 0.750. The molecule has 3 rings (SSSR count). The molecule has 122 valence electrons. The van der Waals surface area contributed by atoms with Crippen molar-refractivity contribution in [2.45, 2.75) is 24.3 Å². The van der Waals surface area contributed by atoms with E-state index in [9.17, 15) is 0 Å². The van der Waals surface area contributed by atoms with E-state index in [0.717, 1.165) is 56.2 Å². The number of hydrogen-bond donors (Lipinski definition) is 0. The lowest BCUT2D eigenvalue weighted by molar-refractivity contribution is 0.0349. The van der Waals surface area contributed by atoms with E-state index in [4.69, 9.17) is 4.74 Å². The fourth-order valence-corrected chi connectivity index (χ4v) is 3.56. The van der Waals surface area contributed by atoms with Crippen molar-refractivity contribution in [3.8, 4) is 0 Å². The lowest BCUT2D eigenvalue weighted by Gasteiger charge is -2.34. The summed E-state index contributed by atoms with van der Waals surface area (Å²) in [5.41, 5.74) is 0. The molecule has 2 fully saturated rings. The number of rotatable bonds is 5. The Morgan fingerprint density at radius 3 is 2.55 bits per heavy atom. The molecular weight excluding hydrogens is 296 g/mol. The van der Waals surface area contributed by atoms with E-state index < -0.39 is 0 Å². The predicted octanol–water partition coefficient (Wildman–Crippen LogP) is 2.14. The summed E-state index contributed by atoms with van der Waals surface area (Å²) in [6, 6.07) is 4.17. The summed E-state index contributed by atoms with van der Waals surface area (Å²) < 4.78 is 5.41. The van der Waals surface area contributed by atoms with Crippen LogP contribution in [0.3, 0.4) is 0 Å². The van der Waals surface area contributed by atoms with Gasteiger partial charge < -0.3 is 9.64 Å². The Labute approximate surface area is 137 Å². The first-order chi connectivity index (χ1) is 10.8. The molecule has 0 spiro atoms. The van der Waals surface area contributed by atoms with Gasteiger partial charge in [0.15, 0.2) is 5.82 Å². The minimum atomic E-state index is 0.859. The zero-order valence-electron chi connectivity index (χ0n) is 13.4. The molecule has 0 aliphatic carbocycles. The van der Waals surface area contributed by atoms with Gasteiger partial charge in [0.25, 0.3) is 0 Å². The second kappa shape index (κ2) is 8.13. The molecule has 1 aromatic rings. The molecule has 6 heteroatoms. The quantitative estimate of drug-likeness (QED) is 0.774. The summed E-state index contributed by atoms with van der Waals surface area (Å²) in [7, 11) is 0. The second-order valence-corrected chi connectivity index (χ2v) is 6.93. The number of aromatic nitrogens is 2. The summed E-state index contributed by atoms with van der Waals surface area (Å²) in [6.07, 6.45) is 5.90. The maximum atomic E-state index is 5.41. The van der Waals surface area contributed by atoms with Crippen LogP contribution in [0.25, 0.3) is 0 Å².